The van der Waals surface area contributed by atoms with Crippen LogP contribution in [0.2, 0.25) is 0 Å². The summed E-state index contributed by atoms with van der Waals surface area (Å²) in [7, 11) is -2.46. The van der Waals surface area contributed by atoms with Gasteiger partial charge in [-0.25, -0.2) is 13.4 Å². The lowest BCUT2D eigenvalue weighted by Crippen LogP contribution is -2.38. The number of carbonyl (C=O) groups excluding carboxylic acids is 1. The van der Waals surface area contributed by atoms with E-state index in [1.807, 2.05) is 67.7 Å². The number of aryl methyl sites for hydroxylation is 1. The molecule has 9 heteroatoms. The Labute approximate surface area is 216 Å². The molecule has 1 heterocycles. The topological polar surface area (TPSA) is 93.5 Å². The number of anilines is 1. The molecule has 0 spiro atoms. The van der Waals surface area contributed by atoms with Gasteiger partial charge in [0, 0.05) is 24.0 Å². The first-order valence-corrected chi connectivity index (χ1v) is 13.0. The summed E-state index contributed by atoms with van der Waals surface area (Å²) in [6.45, 7) is 5.18. The van der Waals surface area contributed by atoms with E-state index >= 15 is 0 Å². The highest BCUT2D eigenvalue weighted by molar-refractivity contribution is 7.89. The smallest absolute Gasteiger partial charge is 0.243 e. The summed E-state index contributed by atoms with van der Waals surface area (Å²) in [5.74, 6) is 0.289. The lowest BCUT2D eigenvalue weighted by molar-refractivity contribution is -0.116. The summed E-state index contributed by atoms with van der Waals surface area (Å²) in [4.78, 5) is 17.8. The van der Waals surface area contributed by atoms with Crippen LogP contribution in [0.25, 0.3) is 16.9 Å². The fourth-order valence-electron chi connectivity index (χ4n) is 3.80. The summed E-state index contributed by atoms with van der Waals surface area (Å²) in [5, 5.41) is 2.80. The maximum absolute atomic E-state index is 13.3. The van der Waals surface area contributed by atoms with Crippen molar-refractivity contribution in [3.63, 3.8) is 0 Å². The van der Waals surface area contributed by atoms with Gasteiger partial charge >= 0.3 is 0 Å². The summed E-state index contributed by atoms with van der Waals surface area (Å²) < 4.78 is 34.5. The average Bonchev–Trinajstić information content (AvgIpc) is 3.32. The van der Waals surface area contributed by atoms with Crippen molar-refractivity contribution in [3.05, 3.63) is 103 Å². The molecule has 3 aromatic carbocycles. The molecule has 0 radical (unpaired) electrons. The third-order valence-electron chi connectivity index (χ3n) is 5.66. The number of aromatic nitrogens is 2. The number of rotatable bonds is 10. The summed E-state index contributed by atoms with van der Waals surface area (Å²) >= 11 is 0. The molecule has 0 aliphatic rings. The molecule has 8 nitrogen and oxygen atoms in total. The number of benzene rings is 3. The molecule has 190 valence electrons. The van der Waals surface area contributed by atoms with Gasteiger partial charge in [-0.2, -0.15) is 4.31 Å². The van der Waals surface area contributed by atoms with Crippen molar-refractivity contribution in [2.24, 2.45) is 0 Å². The number of methoxy groups -OCH3 is 1. The largest absolute Gasteiger partial charge is 0.497 e. The van der Waals surface area contributed by atoms with Crippen molar-refractivity contribution < 1.29 is 17.9 Å². The predicted molar refractivity (Wildman–Crippen MR) is 144 cm³/mol. The van der Waals surface area contributed by atoms with Crippen molar-refractivity contribution in [2.45, 2.75) is 11.8 Å². The highest BCUT2D eigenvalue weighted by Gasteiger charge is 2.26. The van der Waals surface area contributed by atoms with Gasteiger partial charge < -0.3 is 4.74 Å². The van der Waals surface area contributed by atoms with Gasteiger partial charge in [-0.15, -0.1) is 6.58 Å². The molecule has 0 fully saturated rings. The van der Waals surface area contributed by atoms with Gasteiger partial charge in [-0.1, -0.05) is 48.5 Å². The van der Waals surface area contributed by atoms with Crippen molar-refractivity contribution in [1.82, 2.24) is 13.9 Å². The number of amides is 1. The van der Waals surface area contributed by atoms with E-state index in [4.69, 9.17) is 4.74 Å². The van der Waals surface area contributed by atoms with E-state index in [1.54, 1.807) is 16.7 Å². The molecule has 4 rings (SSSR count). The molecule has 0 saturated heterocycles. The third kappa shape index (κ3) is 5.96. The Morgan fingerprint density at radius 2 is 1.81 bits per heavy atom. The minimum Gasteiger partial charge on any atom is -0.497 e. The number of nitrogens with one attached hydrogen (secondary N) is 1. The Kier molecular flexibility index (Phi) is 7.86. The Hall–Kier alpha value is -4.21. The Balaban J connectivity index is 1.63. The first-order valence-electron chi connectivity index (χ1n) is 11.6. The number of carbonyl (C=O) groups is 1. The van der Waals surface area contributed by atoms with E-state index < -0.39 is 22.5 Å². The summed E-state index contributed by atoms with van der Waals surface area (Å²) in [6, 6.07) is 23.4. The molecule has 37 heavy (non-hydrogen) atoms. The molecule has 1 amide bonds. The fraction of sp³-hybridized carbons (Fsp3) is 0.143. The monoisotopic (exact) mass is 516 g/mol. The van der Waals surface area contributed by atoms with Gasteiger partial charge in [0.05, 0.1) is 24.2 Å². The van der Waals surface area contributed by atoms with E-state index in [2.05, 4.69) is 16.9 Å². The zero-order chi connectivity index (χ0) is 26.4. The maximum atomic E-state index is 13.3. The SMILES string of the molecule is C=CCN(CC(=O)Nc1nc(-c2ccccc2)cn1-c1cccc(C)c1)S(=O)(=O)c1ccc(OC)cc1. The zero-order valence-corrected chi connectivity index (χ0v) is 21.5. The van der Waals surface area contributed by atoms with Crippen LogP contribution >= 0.6 is 0 Å². The molecular weight excluding hydrogens is 488 g/mol. The second kappa shape index (κ2) is 11.2. The van der Waals surface area contributed by atoms with Gasteiger partial charge in [0.1, 0.15) is 5.75 Å². The van der Waals surface area contributed by atoms with Crippen LogP contribution in [0.15, 0.2) is 103 Å². The second-order valence-electron chi connectivity index (χ2n) is 8.33. The van der Waals surface area contributed by atoms with Crippen molar-refractivity contribution in [1.29, 1.82) is 0 Å². The lowest BCUT2D eigenvalue weighted by atomic mass is 10.2. The second-order valence-corrected chi connectivity index (χ2v) is 10.3. The van der Waals surface area contributed by atoms with Crippen molar-refractivity contribution in [2.75, 3.05) is 25.5 Å². The van der Waals surface area contributed by atoms with Crippen LogP contribution in [0.3, 0.4) is 0 Å². The molecule has 4 aromatic rings. The highest BCUT2D eigenvalue weighted by Crippen LogP contribution is 2.25. The molecule has 0 aliphatic heterocycles. The lowest BCUT2D eigenvalue weighted by Gasteiger charge is -2.20. The van der Waals surface area contributed by atoms with Gasteiger partial charge in [0.25, 0.3) is 0 Å². The van der Waals surface area contributed by atoms with Crippen molar-refractivity contribution >= 4 is 21.9 Å². The molecule has 1 aromatic heterocycles. The van der Waals surface area contributed by atoms with Crippen LogP contribution in [0.4, 0.5) is 5.95 Å². The van der Waals surface area contributed by atoms with E-state index in [0.717, 1.165) is 21.1 Å². The molecule has 0 bridgehead atoms. The number of nitrogens with zero attached hydrogens (tertiary/aromatic N) is 3. The molecule has 0 unspecified atom stereocenters. The van der Waals surface area contributed by atoms with Crippen LogP contribution in [-0.4, -0.2) is 48.4 Å². The van der Waals surface area contributed by atoms with Crippen molar-refractivity contribution in [3.8, 4) is 22.7 Å². The zero-order valence-electron chi connectivity index (χ0n) is 20.7. The molecule has 0 aliphatic carbocycles. The molecule has 0 atom stereocenters. The van der Waals surface area contributed by atoms with Crippen LogP contribution in [0.1, 0.15) is 5.56 Å². The molecular formula is C28H28N4O4S. The average molecular weight is 517 g/mol. The maximum Gasteiger partial charge on any atom is 0.243 e. The predicted octanol–water partition coefficient (Wildman–Crippen LogP) is 4.67. The first-order chi connectivity index (χ1) is 17.8. The van der Waals surface area contributed by atoms with Crippen LogP contribution in [0.5, 0.6) is 5.75 Å². The number of ether oxygens (including phenoxy) is 1. The van der Waals surface area contributed by atoms with E-state index in [1.165, 1.54) is 25.3 Å². The first kappa shape index (κ1) is 25.9. The molecule has 0 saturated carbocycles. The standard InChI is InChI=1S/C28H28N4O4S/c1-4-17-31(37(34,35)25-15-13-24(36-3)14-16-25)20-27(33)30-28-29-26(22-10-6-5-7-11-22)19-32(28)23-12-8-9-21(2)18-23/h4-16,18-19H,1,17,20H2,2-3H3,(H,29,30,33). The number of hydrogen-bond acceptors (Lipinski definition) is 5. The molecule has 1 N–H and O–H groups in total. The van der Waals surface area contributed by atoms with Gasteiger partial charge in [-0.05, 0) is 48.9 Å². The number of imidazole rings is 1. The van der Waals surface area contributed by atoms with Gasteiger partial charge in [0.2, 0.25) is 21.9 Å². The van der Waals surface area contributed by atoms with E-state index in [9.17, 15) is 13.2 Å². The summed E-state index contributed by atoms with van der Waals surface area (Å²) in [5.41, 5.74) is 3.43. The van der Waals surface area contributed by atoms with Crippen LogP contribution in [-0.2, 0) is 14.8 Å². The number of sulfonamides is 1. The van der Waals surface area contributed by atoms with E-state index in [-0.39, 0.29) is 17.4 Å². The number of hydrogen-bond donors (Lipinski definition) is 1. The summed E-state index contributed by atoms with van der Waals surface area (Å²) in [6.07, 6.45) is 3.28. The Morgan fingerprint density at radius 3 is 2.46 bits per heavy atom. The highest BCUT2D eigenvalue weighted by atomic mass is 32.2. The quantitative estimate of drug-likeness (QED) is 0.309. The fourth-order valence-corrected chi connectivity index (χ4v) is 5.17. The Bertz CT molecular complexity index is 1500. The van der Waals surface area contributed by atoms with Gasteiger partial charge in [-0.3, -0.25) is 14.7 Å². The van der Waals surface area contributed by atoms with Crippen LogP contribution in [0, 0.1) is 6.92 Å². The van der Waals surface area contributed by atoms with E-state index in [0.29, 0.717) is 11.4 Å². The minimum absolute atomic E-state index is 0.0383. The van der Waals surface area contributed by atoms with Gasteiger partial charge in [0.15, 0.2) is 0 Å². The third-order valence-corrected chi connectivity index (χ3v) is 7.48. The minimum atomic E-state index is -3.96. The Morgan fingerprint density at radius 1 is 1.08 bits per heavy atom. The normalized spacial score (nSPS) is 11.3. The van der Waals surface area contributed by atoms with Crippen LogP contribution < -0.4 is 10.1 Å².